The number of halogens is 2. The van der Waals surface area contributed by atoms with Crippen molar-refractivity contribution in [2.24, 2.45) is 7.05 Å². The summed E-state index contributed by atoms with van der Waals surface area (Å²) in [4.78, 5) is 15.3. The molecule has 1 saturated heterocycles. The van der Waals surface area contributed by atoms with Crippen molar-refractivity contribution < 1.29 is 23.0 Å². The number of nitrogens with zero attached hydrogens (tertiary/aromatic N) is 2. The van der Waals surface area contributed by atoms with Crippen molar-refractivity contribution in [2.45, 2.75) is 49.7 Å². The average molecular weight is 525 g/mol. The smallest absolute Gasteiger partial charge is 0.319 e. The predicted octanol–water partition coefficient (Wildman–Crippen LogP) is 5.21. The van der Waals surface area contributed by atoms with Gasteiger partial charge in [-0.15, -0.1) is 0 Å². The summed E-state index contributed by atoms with van der Waals surface area (Å²) in [6.07, 6.45) is 5.52. The van der Waals surface area contributed by atoms with E-state index in [9.17, 15) is 13.6 Å². The number of aromatic nitrogens is 1. The standard InChI is InChI=1S/C29H34F2N4O3/c1-34-13-4-5-22(34)18-35-14-12-29(19-6-9-25(37-2)26(15-19)38-3)11-10-21(17-27(29)35)33-28(36)32-20-7-8-23(30)24(31)16-20/h4-9,13,15-16,21,27H,10-12,14,17-18H2,1-3H3,(H2,32,33,36)/t21-,27+,29-/m0/s1. The summed E-state index contributed by atoms with van der Waals surface area (Å²) in [6, 6.07) is 13.5. The molecule has 7 nitrogen and oxygen atoms in total. The highest BCUT2D eigenvalue weighted by Crippen LogP contribution is 2.50. The largest absolute Gasteiger partial charge is 0.493 e. The van der Waals surface area contributed by atoms with Crippen LogP contribution in [0.3, 0.4) is 0 Å². The molecule has 1 aliphatic heterocycles. The van der Waals surface area contributed by atoms with Crippen LogP contribution in [0.2, 0.25) is 0 Å². The lowest BCUT2D eigenvalue weighted by atomic mass is 9.65. The Morgan fingerprint density at radius 1 is 1.05 bits per heavy atom. The molecular formula is C29H34F2N4O3. The zero-order valence-corrected chi connectivity index (χ0v) is 22.0. The molecule has 0 unspecified atom stereocenters. The van der Waals surface area contributed by atoms with Crippen molar-refractivity contribution in [1.29, 1.82) is 0 Å². The van der Waals surface area contributed by atoms with Crippen molar-refractivity contribution in [3.05, 3.63) is 77.6 Å². The number of anilines is 1. The van der Waals surface area contributed by atoms with Gasteiger partial charge in [0, 0.05) is 54.7 Å². The van der Waals surface area contributed by atoms with Gasteiger partial charge >= 0.3 is 6.03 Å². The van der Waals surface area contributed by atoms with Gasteiger partial charge in [0.15, 0.2) is 23.1 Å². The van der Waals surface area contributed by atoms with Crippen LogP contribution < -0.4 is 20.1 Å². The van der Waals surface area contributed by atoms with Crippen LogP contribution in [0.4, 0.5) is 19.3 Å². The van der Waals surface area contributed by atoms with E-state index in [2.05, 4.69) is 57.6 Å². The van der Waals surface area contributed by atoms with Crippen LogP contribution in [-0.2, 0) is 19.0 Å². The minimum atomic E-state index is -0.998. The topological polar surface area (TPSA) is 67.8 Å². The molecule has 202 valence electrons. The fraction of sp³-hybridized carbons (Fsp3) is 0.414. The first-order chi connectivity index (χ1) is 18.3. The number of fused-ring (bicyclic) bond motifs is 1. The Bertz CT molecular complexity index is 1310. The lowest BCUT2D eigenvalue weighted by molar-refractivity contribution is 0.129. The molecule has 1 saturated carbocycles. The number of carbonyl (C=O) groups excluding carboxylic acids is 1. The number of methoxy groups -OCH3 is 2. The highest BCUT2D eigenvalue weighted by molar-refractivity contribution is 5.89. The van der Waals surface area contributed by atoms with Crippen molar-refractivity contribution in [1.82, 2.24) is 14.8 Å². The minimum Gasteiger partial charge on any atom is -0.493 e. The van der Waals surface area contributed by atoms with Crippen molar-refractivity contribution >= 4 is 11.7 Å². The normalized spacial score (nSPS) is 23.1. The summed E-state index contributed by atoms with van der Waals surface area (Å²) in [5, 5.41) is 5.71. The summed E-state index contributed by atoms with van der Waals surface area (Å²) in [5.74, 6) is -0.533. The molecule has 1 aromatic heterocycles. The first-order valence-electron chi connectivity index (χ1n) is 12.9. The molecule has 38 heavy (non-hydrogen) atoms. The van der Waals surface area contributed by atoms with Gasteiger partial charge in [-0.2, -0.15) is 0 Å². The Hall–Kier alpha value is -3.59. The van der Waals surface area contributed by atoms with E-state index < -0.39 is 17.7 Å². The quantitative estimate of drug-likeness (QED) is 0.446. The van der Waals surface area contributed by atoms with Crippen LogP contribution in [0.1, 0.15) is 36.9 Å². The lowest BCUT2D eigenvalue weighted by Gasteiger charge is -2.45. The van der Waals surface area contributed by atoms with E-state index in [1.165, 1.54) is 17.3 Å². The van der Waals surface area contributed by atoms with Gasteiger partial charge in [-0.05, 0) is 74.2 Å². The van der Waals surface area contributed by atoms with E-state index in [1.807, 2.05) is 6.07 Å². The Labute approximate surface area is 221 Å². The maximum Gasteiger partial charge on any atom is 0.319 e. The Morgan fingerprint density at radius 3 is 2.58 bits per heavy atom. The number of ether oxygens (including phenoxy) is 2. The second kappa shape index (κ2) is 10.6. The van der Waals surface area contributed by atoms with Crippen molar-refractivity contribution in [2.75, 3.05) is 26.1 Å². The number of amides is 2. The maximum absolute atomic E-state index is 13.6. The van der Waals surface area contributed by atoms with Crippen LogP contribution in [0.25, 0.3) is 0 Å². The second-order valence-corrected chi connectivity index (χ2v) is 10.3. The molecule has 0 radical (unpaired) electrons. The van der Waals surface area contributed by atoms with Crippen molar-refractivity contribution in [3.8, 4) is 11.5 Å². The number of likely N-dealkylation sites (tertiary alicyclic amines) is 1. The van der Waals surface area contributed by atoms with Crippen LogP contribution >= 0.6 is 0 Å². The van der Waals surface area contributed by atoms with E-state index >= 15 is 0 Å². The summed E-state index contributed by atoms with van der Waals surface area (Å²) in [7, 11) is 5.35. The minimum absolute atomic E-state index is 0.0624. The molecule has 3 aromatic rings. The number of carbonyl (C=O) groups is 1. The molecule has 2 aliphatic rings. The van der Waals surface area contributed by atoms with E-state index in [1.54, 1.807) is 14.2 Å². The number of nitrogens with one attached hydrogen (secondary N) is 2. The van der Waals surface area contributed by atoms with Gasteiger partial charge in [-0.25, -0.2) is 13.6 Å². The van der Waals surface area contributed by atoms with Gasteiger partial charge < -0.3 is 24.7 Å². The third kappa shape index (κ3) is 4.95. The van der Waals surface area contributed by atoms with E-state index in [-0.39, 0.29) is 23.2 Å². The molecule has 2 aromatic carbocycles. The third-order valence-electron chi connectivity index (χ3n) is 8.26. The maximum atomic E-state index is 13.6. The molecular weight excluding hydrogens is 490 g/mol. The number of benzene rings is 2. The van der Waals surface area contributed by atoms with Gasteiger partial charge in [-0.1, -0.05) is 6.07 Å². The zero-order chi connectivity index (χ0) is 26.9. The SMILES string of the molecule is COc1ccc([C@@]23CC[C@H](NC(=O)Nc4ccc(F)c(F)c4)C[C@H]2N(Cc2cccn2C)CC3)cc1OC. The predicted molar refractivity (Wildman–Crippen MR) is 142 cm³/mol. The number of aryl methyl sites for hydroxylation is 1. The molecule has 2 amide bonds. The molecule has 2 heterocycles. The van der Waals surface area contributed by atoms with Gasteiger partial charge in [0.1, 0.15) is 0 Å². The zero-order valence-electron chi connectivity index (χ0n) is 22.0. The Morgan fingerprint density at radius 2 is 1.87 bits per heavy atom. The third-order valence-corrected chi connectivity index (χ3v) is 8.26. The molecule has 0 spiro atoms. The molecule has 1 aliphatic carbocycles. The second-order valence-electron chi connectivity index (χ2n) is 10.3. The fourth-order valence-electron chi connectivity index (χ4n) is 6.24. The van der Waals surface area contributed by atoms with Gasteiger partial charge in [0.2, 0.25) is 0 Å². The number of urea groups is 1. The number of hydrogen-bond donors (Lipinski definition) is 2. The molecule has 9 heteroatoms. The highest BCUT2D eigenvalue weighted by Gasteiger charge is 2.51. The monoisotopic (exact) mass is 524 g/mol. The number of hydrogen-bond acceptors (Lipinski definition) is 4. The Balaban J connectivity index is 1.38. The first kappa shape index (κ1) is 26.0. The van der Waals surface area contributed by atoms with Crippen LogP contribution in [-0.4, -0.2) is 48.3 Å². The summed E-state index contributed by atoms with van der Waals surface area (Å²) in [5.41, 5.74) is 2.58. The summed E-state index contributed by atoms with van der Waals surface area (Å²) >= 11 is 0. The molecule has 3 atom stereocenters. The number of rotatable bonds is 7. The highest BCUT2D eigenvalue weighted by atomic mass is 19.2. The van der Waals surface area contributed by atoms with E-state index in [0.717, 1.165) is 50.9 Å². The van der Waals surface area contributed by atoms with Crippen LogP contribution in [0.15, 0.2) is 54.7 Å². The van der Waals surface area contributed by atoms with Gasteiger partial charge in [0.25, 0.3) is 0 Å². The molecule has 5 rings (SSSR count). The van der Waals surface area contributed by atoms with Crippen LogP contribution in [0.5, 0.6) is 11.5 Å². The average Bonchev–Trinajstić information content (AvgIpc) is 3.49. The molecule has 0 bridgehead atoms. The van der Waals surface area contributed by atoms with Gasteiger partial charge in [-0.3, -0.25) is 4.90 Å². The van der Waals surface area contributed by atoms with Gasteiger partial charge in [0.05, 0.1) is 14.2 Å². The van der Waals surface area contributed by atoms with Crippen molar-refractivity contribution in [3.63, 3.8) is 0 Å². The molecule has 2 N–H and O–H groups in total. The fourth-order valence-corrected chi connectivity index (χ4v) is 6.24. The Kier molecular flexibility index (Phi) is 7.29. The van der Waals surface area contributed by atoms with E-state index in [4.69, 9.17) is 9.47 Å². The van der Waals surface area contributed by atoms with Crippen LogP contribution in [0, 0.1) is 11.6 Å². The summed E-state index contributed by atoms with van der Waals surface area (Å²) < 4.78 is 40.1. The summed E-state index contributed by atoms with van der Waals surface area (Å²) in [6.45, 7) is 1.76. The first-order valence-corrected chi connectivity index (χ1v) is 12.9. The molecule has 2 fully saturated rings. The lowest BCUT2D eigenvalue weighted by Crippen LogP contribution is -2.52. The van der Waals surface area contributed by atoms with E-state index in [0.29, 0.717) is 11.5 Å².